The number of phenolic OH excluding ortho intramolecular Hbond substituents is 1. The van der Waals surface area contributed by atoms with Crippen LogP contribution in [-0.4, -0.2) is 28.4 Å². The fourth-order valence-corrected chi connectivity index (χ4v) is 2.31. The van der Waals surface area contributed by atoms with E-state index in [0.29, 0.717) is 6.54 Å². The van der Waals surface area contributed by atoms with Gasteiger partial charge in [0.2, 0.25) is 0 Å². The molecule has 0 atom stereocenters. The van der Waals surface area contributed by atoms with Crippen LogP contribution in [0, 0.1) is 0 Å². The van der Waals surface area contributed by atoms with Gasteiger partial charge in [-0.2, -0.15) is 0 Å². The Morgan fingerprint density at radius 3 is 2.50 bits per heavy atom. The van der Waals surface area contributed by atoms with Crippen LogP contribution in [0.5, 0.6) is 5.75 Å². The van der Waals surface area contributed by atoms with E-state index >= 15 is 0 Å². The molecule has 0 unspecified atom stereocenters. The van der Waals surface area contributed by atoms with Gasteiger partial charge in [0.05, 0.1) is 16.1 Å². The first kappa shape index (κ1) is 13.2. The van der Waals surface area contributed by atoms with Crippen LogP contribution < -0.4 is 0 Å². The number of hydrogen-bond acceptors (Lipinski definition) is 3. The normalized spacial score (nSPS) is 14.3. The number of unbranched alkanes of at least 4 members (excludes halogenated alkanes) is 1. The predicted octanol–water partition coefficient (Wildman–Crippen LogP) is 3.10. The Morgan fingerprint density at radius 1 is 1.22 bits per heavy atom. The van der Waals surface area contributed by atoms with Crippen molar-refractivity contribution in [2.75, 3.05) is 6.54 Å². The molecule has 4 nitrogen and oxygen atoms in total. The van der Waals surface area contributed by atoms with Crippen molar-refractivity contribution in [3.8, 4) is 5.75 Å². The van der Waals surface area contributed by atoms with E-state index in [0.717, 1.165) is 17.7 Å². The second kappa shape index (κ2) is 4.78. The van der Waals surface area contributed by atoms with E-state index in [4.69, 9.17) is 23.2 Å². The molecular weight excluding hydrogens is 277 g/mol. The van der Waals surface area contributed by atoms with E-state index in [1.165, 1.54) is 6.07 Å². The van der Waals surface area contributed by atoms with Crippen LogP contribution in [0.1, 0.15) is 40.5 Å². The highest BCUT2D eigenvalue weighted by Gasteiger charge is 2.38. The smallest absolute Gasteiger partial charge is 0.263 e. The van der Waals surface area contributed by atoms with Crippen molar-refractivity contribution in [3.63, 3.8) is 0 Å². The molecule has 2 amide bonds. The van der Waals surface area contributed by atoms with Crippen molar-refractivity contribution in [2.45, 2.75) is 19.8 Å². The number of nitrogens with zero attached hydrogens (tertiary/aromatic N) is 1. The first-order chi connectivity index (χ1) is 8.49. The third kappa shape index (κ3) is 1.85. The van der Waals surface area contributed by atoms with Crippen molar-refractivity contribution in [1.29, 1.82) is 0 Å². The first-order valence-electron chi connectivity index (χ1n) is 5.56. The molecule has 2 rings (SSSR count). The lowest BCUT2D eigenvalue weighted by Crippen LogP contribution is -2.30. The summed E-state index contributed by atoms with van der Waals surface area (Å²) in [4.78, 5) is 25.2. The fraction of sp³-hybridized carbons (Fsp3) is 0.333. The maximum Gasteiger partial charge on any atom is 0.263 e. The monoisotopic (exact) mass is 287 g/mol. The Kier molecular flexibility index (Phi) is 3.50. The highest BCUT2D eigenvalue weighted by molar-refractivity contribution is 6.46. The molecule has 0 aliphatic carbocycles. The van der Waals surface area contributed by atoms with Crippen molar-refractivity contribution in [2.24, 2.45) is 0 Å². The molecule has 1 aromatic carbocycles. The molecule has 96 valence electrons. The van der Waals surface area contributed by atoms with Gasteiger partial charge in [0, 0.05) is 6.54 Å². The van der Waals surface area contributed by atoms with E-state index in [2.05, 4.69) is 0 Å². The summed E-state index contributed by atoms with van der Waals surface area (Å²) < 4.78 is 0. The van der Waals surface area contributed by atoms with E-state index in [1.807, 2.05) is 6.92 Å². The van der Waals surface area contributed by atoms with Crippen LogP contribution in [0.3, 0.4) is 0 Å². The molecule has 6 heteroatoms. The number of halogens is 2. The molecule has 0 saturated heterocycles. The standard InChI is InChI=1S/C12H11Cl2NO3/c1-2-3-4-15-11(17)6-5-7(16)9(13)10(14)8(6)12(15)18/h5,16H,2-4H2,1H3. The van der Waals surface area contributed by atoms with E-state index in [1.54, 1.807) is 0 Å². The molecule has 0 fully saturated rings. The van der Waals surface area contributed by atoms with E-state index in [-0.39, 0.29) is 26.9 Å². The average Bonchev–Trinajstić information content (AvgIpc) is 2.57. The molecule has 18 heavy (non-hydrogen) atoms. The molecule has 1 N–H and O–H groups in total. The summed E-state index contributed by atoms with van der Waals surface area (Å²) in [6.07, 6.45) is 1.59. The topological polar surface area (TPSA) is 57.6 Å². The third-order valence-corrected chi connectivity index (χ3v) is 3.71. The van der Waals surface area contributed by atoms with Crippen molar-refractivity contribution in [1.82, 2.24) is 4.90 Å². The maximum absolute atomic E-state index is 12.1. The largest absolute Gasteiger partial charge is 0.506 e. The van der Waals surface area contributed by atoms with Gasteiger partial charge in [-0.05, 0) is 12.5 Å². The lowest BCUT2D eigenvalue weighted by atomic mass is 10.1. The van der Waals surface area contributed by atoms with E-state index < -0.39 is 11.8 Å². The number of fused-ring (bicyclic) bond motifs is 1. The molecule has 1 aliphatic heterocycles. The summed E-state index contributed by atoms with van der Waals surface area (Å²) in [5.41, 5.74) is 0.198. The molecule has 0 bridgehead atoms. The van der Waals surface area contributed by atoms with Gasteiger partial charge >= 0.3 is 0 Å². The zero-order valence-electron chi connectivity index (χ0n) is 9.67. The second-order valence-corrected chi connectivity index (χ2v) is 4.82. The molecule has 0 spiro atoms. The number of hydrogen-bond donors (Lipinski definition) is 1. The van der Waals surface area contributed by atoms with Gasteiger partial charge in [-0.25, -0.2) is 0 Å². The van der Waals surface area contributed by atoms with Crippen LogP contribution in [0.2, 0.25) is 10.0 Å². The Hall–Kier alpha value is -1.26. The molecule has 1 heterocycles. The lowest BCUT2D eigenvalue weighted by Gasteiger charge is -2.12. The Labute approximate surface area is 114 Å². The van der Waals surface area contributed by atoms with Crippen LogP contribution in [0.4, 0.5) is 0 Å². The summed E-state index contributed by atoms with van der Waals surface area (Å²) in [5.74, 6) is -1.17. The van der Waals surface area contributed by atoms with Gasteiger partial charge in [0.1, 0.15) is 10.8 Å². The number of carbonyl (C=O) groups is 2. The van der Waals surface area contributed by atoms with Gasteiger partial charge in [-0.15, -0.1) is 0 Å². The summed E-state index contributed by atoms with van der Waals surface area (Å²) in [5, 5.41) is 9.36. The van der Waals surface area contributed by atoms with Crippen molar-refractivity contribution < 1.29 is 14.7 Å². The van der Waals surface area contributed by atoms with Crippen molar-refractivity contribution >= 4 is 35.0 Å². The van der Waals surface area contributed by atoms with Crippen LogP contribution in [0.15, 0.2) is 6.07 Å². The Bertz CT molecular complexity index is 543. The fourth-order valence-electron chi connectivity index (χ4n) is 1.88. The highest BCUT2D eigenvalue weighted by atomic mass is 35.5. The number of phenols is 1. The van der Waals surface area contributed by atoms with E-state index in [9.17, 15) is 14.7 Å². The van der Waals surface area contributed by atoms with Gasteiger partial charge in [0.15, 0.2) is 0 Å². The quantitative estimate of drug-likeness (QED) is 0.869. The molecule has 0 aromatic heterocycles. The summed E-state index contributed by atoms with van der Waals surface area (Å²) in [7, 11) is 0. The Balaban J connectivity index is 2.49. The number of amides is 2. The van der Waals surface area contributed by atoms with Crippen LogP contribution in [0.25, 0.3) is 0 Å². The van der Waals surface area contributed by atoms with Crippen LogP contribution >= 0.6 is 23.2 Å². The van der Waals surface area contributed by atoms with Gasteiger partial charge in [0.25, 0.3) is 11.8 Å². The number of carbonyl (C=O) groups excluding carboxylic acids is 2. The summed E-state index contributed by atoms with van der Waals surface area (Å²) in [6, 6.07) is 1.19. The number of benzene rings is 1. The SMILES string of the molecule is CCCCN1C(=O)c2cc(O)c(Cl)c(Cl)c2C1=O. The number of aromatic hydroxyl groups is 1. The van der Waals surface area contributed by atoms with Gasteiger partial charge in [-0.3, -0.25) is 14.5 Å². The predicted molar refractivity (Wildman–Crippen MR) is 68.4 cm³/mol. The number of rotatable bonds is 3. The summed E-state index contributed by atoms with van der Waals surface area (Å²) in [6.45, 7) is 2.31. The molecule has 0 saturated carbocycles. The third-order valence-electron chi connectivity index (χ3n) is 2.86. The maximum atomic E-state index is 12.1. The highest BCUT2D eigenvalue weighted by Crippen LogP contribution is 2.40. The van der Waals surface area contributed by atoms with Crippen LogP contribution in [-0.2, 0) is 0 Å². The second-order valence-electron chi connectivity index (χ2n) is 4.06. The van der Waals surface area contributed by atoms with Gasteiger partial charge in [-0.1, -0.05) is 36.5 Å². The summed E-state index contributed by atoms with van der Waals surface area (Å²) >= 11 is 11.7. The minimum atomic E-state index is -0.449. The Morgan fingerprint density at radius 2 is 1.89 bits per heavy atom. The number of imide groups is 1. The average molecular weight is 288 g/mol. The molecular formula is C12H11Cl2NO3. The lowest BCUT2D eigenvalue weighted by molar-refractivity contribution is 0.0652. The van der Waals surface area contributed by atoms with Crippen molar-refractivity contribution in [3.05, 3.63) is 27.2 Å². The minimum Gasteiger partial charge on any atom is -0.506 e. The van der Waals surface area contributed by atoms with Gasteiger partial charge < -0.3 is 5.11 Å². The minimum absolute atomic E-state index is 0.0657. The zero-order chi connectivity index (χ0) is 13.4. The molecule has 1 aliphatic rings. The zero-order valence-corrected chi connectivity index (χ0v) is 11.2. The molecule has 0 radical (unpaired) electrons. The molecule has 1 aromatic rings. The first-order valence-corrected chi connectivity index (χ1v) is 6.31.